The molecule has 0 aliphatic carbocycles. The molecule has 0 heterocycles. The smallest absolute Gasteiger partial charge is 0.0813 e. The van der Waals surface area contributed by atoms with E-state index in [4.69, 9.17) is 4.18 Å². The van der Waals surface area contributed by atoms with Gasteiger partial charge in [0.1, 0.15) is 0 Å². The zero-order valence-corrected chi connectivity index (χ0v) is 20.4. The fraction of sp³-hybridized carbons (Fsp3) is 0.429. The maximum Gasteiger partial charge on any atom is 0.0813 e. The van der Waals surface area contributed by atoms with Crippen molar-refractivity contribution in [3.63, 3.8) is 0 Å². The van der Waals surface area contributed by atoms with Crippen LogP contribution in [0, 0.1) is 0 Å². The summed E-state index contributed by atoms with van der Waals surface area (Å²) in [4.78, 5) is 0. The zero-order valence-electron chi connectivity index (χ0n) is 19.6. The topological polar surface area (TPSA) is 12.5 Å². The van der Waals surface area contributed by atoms with E-state index in [9.17, 15) is 0 Å². The molecule has 0 saturated carbocycles. The Bertz CT molecular complexity index is 968. The van der Waals surface area contributed by atoms with Gasteiger partial charge in [-0.3, -0.25) is 0 Å². The molecule has 0 radical (unpaired) electrons. The van der Waals surface area contributed by atoms with Crippen molar-refractivity contribution >= 4 is 23.0 Å². The van der Waals surface area contributed by atoms with Crippen LogP contribution in [0.15, 0.2) is 54.6 Å². The largest absolute Gasteiger partial charge is 0.304 e. The molecule has 0 spiro atoms. The molecule has 3 rings (SSSR count). The van der Waals surface area contributed by atoms with E-state index in [2.05, 4.69) is 79.8 Å². The van der Waals surface area contributed by atoms with Crippen LogP contribution in [0.2, 0.25) is 0 Å². The van der Waals surface area contributed by atoms with Crippen molar-refractivity contribution in [2.24, 2.45) is 0 Å². The number of benzene rings is 3. The third kappa shape index (κ3) is 6.83. The minimum Gasteiger partial charge on any atom is -0.304 e. The molecular formula is C28H37NOS. The van der Waals surface area contributed by atoms with E-state index in [1.54, 1.807) is 7.11 Å². The van der Waals surface area contributed by atoms with Crippen molar-refractivity contribution in [1.82, 2.24) is 4.31 Å². The van der Waals surface area contributed by atoms with Crippen LogP contribution < -0.4 is 0 Å². The van der Waals surface area contributed by atoms with E-state index in [1.807, 2.05) is 0 Å². The Hall–Kier alpha value is -1.81. The Kier molecular flexibility index (Phi) is 9.45. The maximum atomic E-state index is 5.11. The lowest BCUT2D eigenvalue weighted by Crippen LogP contribution is -2.11. The van der Waals surface area contributed by atoms with Crippen molar-refractivity contribution in [2.75, 3.05) is 20.7 Å². The number of nitrogens with zero attached hydrogens (tertiary/aromatic N) is 1. The van der Waals surface area contributed by atoms with E-state index in [-0.39, 0.29) is 0 Å². The lowest BCUT2D eigenvalue weighted by atomic mass is 9.93. The molecule has 3 heteroatoms. The van der Waals surface area contributed by atoms with Gasteiger partial charge in [-0.1, -0.05) is 75.2 Å². The van der Waals surface area contributed by atoms with E-state index in [0.717, 1.165) is 25.8 Å². The summed E-state index contributed by atoms with van der Waals surface area (Å²) in [5.74, 6) is 0. The molecule has 0 aromatic heterocycles. The molecular weight excluding hydrogens is 398 g/mol. The van der Waals surface area contributed by atoms with Crippen LogP contribution in [-0.2, 0) is 23.4 Å². The van der Waals surface area contributed by atoms with Gasteiger partial charge in [-0.25, -0.2) is 4.31 Å². The molecule has 0 saturated heterocycles. The molecule has 0 amide bonds. The molecule has 0 atom stereocenters. The fourth-order valence-electron chi connectivity index (χ4n) is 4.24. The van der Waals surface area contributed by atoms with E-state index in [0.29, 0.717) is 0 Å². The number of fused-ring (bicyclic) bond motifs is 1. The van der Waals surface area contributed by atoms with Crippen molar-refractivity contribution < 1.29 is 4.18 Å². The van der Waals surface area contributed by atoms with Gasteiger partial charge in [-0.05, 0) is 83.8 Å². The van der Waals surface area contributed by atoms with Crippen molar-refractivity contribution in [3.05, 3.63) is 71.3 Å². The first-order valence-electron chi connectivity index (χ1n) is 11.7. The van der Waals surface area contributed by atoms with Crippen LogP contribution in [0.4, 0.5) is 0 Å². The molecule has 0 N–H and O–H groups in total. The maximum absolute atomic E-state index is 5.11. The first-order valence-corrected chi connectivity index (χ1v) is 12.4. The second kappa shape index (κ2) is 12.3. The molecule has 0 unspecified atom stereocenters. The fourth-order valence-corrected chi connectivity index (χ4v) is 4.70. The molecule has 3 aromatic carbocycles. The predicted molar refractivity (Wildman–Crippen MR) is 138 cm³/mol. The summed E-state index contributed by atoms with van der Waals surface area (Å²) >= 11 is 1.41. The second-order valence-corrected chi connectivity index (χ2v) is 9.50. The van der Waals surface area contributed by atoms with Crippen molar-refractivity contribution in [3.8, 4) is 11.1 Å². The van der Waals surface area contributed by atoms with Gasteiger partial charge in [-0.15, -0.1) is 0 Å². The van der Waals surface area contributed by atoms with Gasteiger partial charge in [0.2, 0.25) is 0 Å². The van der Waals surface area contributed by atoms with Gasteiger partial charge in [0.05, 0.1) is 19.3 Å². The Morgan fingerprint density at radius 3 is 2.29 bits per heavy atom. The van der Waals surface area contributed by atoms with E-state index in [1.165, 1.54) is 76.5 Å². The van der Waals surface area contributed by atoms with Crippen molar-refractivity contribution in [2.45, 2.75) is 58.8 Å². The molecule has 0 aliphatic heterocycles. The summed E-state index contributed by atoms with van der Waals surface area (Å²) in [6.07, 6.45) is 8.35. The second-order valence-electron chi connectivity index (χ2n) is 8.39. The molecule has 2 nitrogen and oxygen atoms in total. The summed E-state index contributed by atoms with van der Waals surface area (Å²) in [5.41, 5.74) is 7.02. The molecule has 31 heavy (non-hydrogen) atoms. The highest BCUT2D eigenvalue weighted by molar-refractivity contribution is 7.92. The van der Waals surface area contributed by atoms with E-state index < -0.39 is 0 Å². The third-order valence-electron chi connectivity index (χ3n) is 5.98. The Morgan fingerprint density at radius 2 is 1.52 bits per heavy atom. The number of aryl methyl sites for hydroxylation is 3. The van der Waals surface area contributed by atoms with Crippen molar-refractivity contribution in [1.29, 1.82) is 0 Å². The van der Waals surface area contributed by atoms with Gasteiger partial charge in [-0.2, -0.15) is 0 Å². The standard InChI is InChI=1S/C28H37NOS/c1-5-7-8-10-22-12-14-26-21-27(16-15-25(26)20-22)28-17-13-23(19-24(28)6-2)11-9-18-29(3)31-30-4/h12-17,19-21H,5-11,18H2,1-4H3. The van der Waals surface area contributed by atoms with Crippen LogP contribution in [0.3, 0.4) is 0 Å². The summed E-state index contributed by atoms with van der Waals surface area (Å²) in [7, 11) is 3.79. The van der Waals surface area contributed by atoms with Gasteiger partial charge >= 0.3 is 0 Å². The number of unbranched alkanes of at least 4 members (excludes halogenated alkanes) is 2. The van der Waals surface area contributed by atoms with E-state index >= 15 is 0 Å². The minimum absolute atomic E-state index is 1.02. The summed E-state index contributed by atoms with van der Waals surface area (Å²) in [5, 5.41) is 2.69. The molecule has 0 aliphatic rings. The predicted octanol–water partition coefficient (Wildman–Crippen LogP) is 7.88. The van der Waals surface area contributed by atoms with Gasteiger partial charge in [0.25, 0.3) is 0 Å². The highest BCUT2D eigenvalue weighted by atomic mass is 32.2. The Morgan fingerprint density at radius 1 is 0.806 bits per heavy atom. The molecule has 0 fully saturated rings. The number of hydrogen-bond donors (Lipinski definition) is 0. The van der Waals surface area contributed by atoms with Crippen LogP contribution in [0.25, 0.3) is 21.9 Å². The quantitative estimate of drug-likeness (QED) is 0.163. The summed E-state index contributed by atoms with van der Waals surface area (Å²) in [6, 6.07) is 21.0. The third-order valence-corrected chi connectivity index (χ3v) is 6.56. The van der Waals surface area contributed by atoms with Crippen LogP contribution >= 0.6 is 12.2 Å². The SMILES string of the molecule is CCCCCc1ccc2cc(-c3ccc(CCCN(C)SOC)cc3CC)ccc2c1. The molecule has 0 bridgehead atoms. The highest BCUT2D eigenvalue weighted by Crippen LogP contribution is 2.29. The highest BCUT2D eigenvalue weighted by Gasteiger charge is 2.08. The average Bonchev–Trinajstić information content (AvgIpc) is 2.79. The first-order chi connectivity index (χ1) is 15.1. The normalized spacial score (nSPS) is 11.5. The summed E-state index contributed by atoms with van der Waals surface area (Å²) in [6.45, 7) is 5.54. The van der Waals surface area contributed by atoms with Gasteiger partial charge in [0, 0.05) is 6.54 Å². The number of hydrogen-bond acceptors (Lipinski definition) is 3. The zero-order chi connectivity index (χ0) is 22.1. The number of rotatable bonds is 12. The lowest BCUT2D eigenvalue weighted by molar-refractivity contribution is 0.431. The van der Waals surface area contributed by atoms with Crippen LogP contribution in [0.5, 0.6) is 0 Å². The molecule has 166 valence electrons. The summed E-state index contributed by atoms with van der Waals surface area (Å²) < 4.78 is 7.25. The van der Waals surface area contributed by atoms with Gasteiger partial charge in [0.15, 0.2) is 0 Å². The Labute approximate surface area is 193 Å². The minimum atomic E-state index is 1.02. The molecule has 3 aromatic rings. The monoisotopic (exact) mass is 435 g/mol. The average molecular weight is 436 g/mol. The first kappa shape index (κ1) is 23.8. The van der Waals surface area contributed by atoms with Crippen LogP contribution in [0.1, 0.15) is 56.2 Å². The van der Waals surface area contributed by atoms with Gasteiger partial charge < -0.3 is 4.18 Å². The Balaban J connectivity index is 1.74. The van der Waals surface area contributed by atoms with Crippen LogP contribution in [-0.4, -0.2) is 25.0 Å². The lowest BCUT2D eigenvalue weighted by Gasteiger charge is -2.14.